The molecule has 0 atom stereocenters. The lowest BCUT2D eigenvalue weighted by Gasteiger charge is -2.22. The molecule has 16 nitrogen and oxygen atoms in total. The van der Waals surface area contributed by atoms with Gasteiger partial charge >= 0.3 is 0 Å². The Morgan fingerprint density at radius 3 is 0.710 bits per heavy atom. The maximum Gasteiger partial charge on any atom is 0.254 e. The van der Waals surface area contributed by atoms with Crippen LogP contribution in [0.5, 0.6) is 0 Å². The number of likely N-dealkylation sites (N-methyl/N-ethyl adjacent to an activating group) is 1. The van der Waals surface area contributed by atoms with Gasteiger partial charge in [-0.05, 0) is 19.5 Å². The quantitative estimate of drug-likeness (QED) is 0.0627. The van der Waals surface area contributed by atoms with E-state index >= 15 is 0 Å². The molecular weight excluding hydrogens is 834 g/mol. The number of alkyl halides is 4. The highest BCUT2D eigenvalue weighted by Crippen LogP contribution is 2.35. The van der Waals surface area contributed by atoms with Gasteiger partial charge in [0.25, 0.3) is 11.8 Å². The normalized spacial score (nSPS) is 12.4. The standard InChI is InChI=1S/C42H83F4NO15/c1-4-41(43,44)40-42(45,46)8-7-10-48-12-14-50-16-18-52-20-22-54-24-26-56-28-30-58-32-34-60-36-38-62-39-37-61-35-33-59-31-29-57-27-25-55-23-21-53-19-17-51-15-13-49-11-9-47(5-2)6-3/h4-40H2,1-3H3. The topological polar surface area (TPSA) is 142 Å². The first-order chi connectivity index (χ1) is 30.3. The van der Waals surface area contributed by atoms with E-state index in [0.29, 0.717) is 172 Å². The lowest BCUT2D eigenvalue weighted by Crippen LogP contribution is -2.28. The summed E-state index contributed by atoms with van der Waals surface area (Å²) in [4.78, 5) is 2.32. The van der Waals surface area contributed by atoms with Crippen molar-refractivity contribution in [3.63, 3.8) is 0 Å². The van der Waals surface area contributed by atoms with Crippen molar-refractivity contribution in [2.24, 2.45) is 0 Å². The monoisotopic (exact) mass is 918 g/mol. The molecule has 0 bridgehead atoms. The van der Waals surface area contributed by atoms with Gasteiger partial charge in [0.05, 0.1) is 198 Å². The number of rotatable bonds is 54. The van der Waals surface area contributed by atoms with E-state index in [1.807, 2.05) is 0 Å². The summed E-state index contributed by atoms with van der Waals surface area (Å²) in [5.41, 5.74) is 0. The largest absolute Gasteiger partial charge is 0.379 e. The third-order valence-electron chi connectivity index (χ3n) is 8.52. The van der Waals surface area contributed by atoms with Crippen LogP contribution >= 0.6 is 0 Å². The van der Waals surface area contributed by atoms with Gasteiger partial charge in [-0.25, -0.2) is 17.6 Å². The molecule has 62 heavy (non-hydrogen) atoms. The lowest BCUT2D eigenvalue weighted by molar-refractivity contribution is -0.118. The Kier molecular flexibility index (Phi) is 47.3. The summed E-state index contributed by atoms with van der Waals surface area (Å²) in [6.07, 6.45) is -2.65. The summed E-state index contributed by atoms with van der Waals surface area (Å²) in [5.74, 6) is -6.75. The van der Waals surface area contributed by atoms with Crippen LogP contribution in [-0.4, -0.2) is 235 Å². The van der Waals surface area contributed by atoms with Gasteiger partial charge in [-0.2, -0.15) is 0 Å². The molecule has 0 rings (SSSR count). The van der Waals surface area contributed by atoms with Crippen molar-refractivity contribution in [3.8, 4) is 0 Å². The molecule has 0 aliphatic heterocycles. The van der Waals surface area contributed by atoms with Gasteiger partial charge in [-0.15, -0.1) is 0 Å². The molecule has 0 saturated heterocycles. The van der Waals surface area contributed by atoms with E-state index in [2.05, 4.69) is 18.7 Å². The second-order valence-electron chi connectivity index (χ2n) is 13.6. The van der Waals surface area contributed by atoms with Gasteiger partial charge in [0.1, 0.15) is 0 Å². The molecule has 0 aliphatic carbocycles. The molecule has 0 amide bonds. The molecule has 0 saturated carbocycles. The van der Waals surface area contributed by atoms with Gasteiger partial charge in [0.15, 0.2) is 0 Å². The van der Waals surface area contributed by atoms with Crippen LogP contribution in [0.25, 0.3) is 0 Å². The highest BCUT2D eigenvalue weighted by atomic mass is 19.3. The minimum atomic E-state index is -3.40. The Bertz CT molecular complexity index is 877. The third-order valence-corrected chi connectivity index (χ3v) is 8.52. The highest BCUT2D eigenvalue weighted by Gasteiger charge is 2.41. The van der Waals surface area contributed by atoms with Gasteiger partial charge in [-0.1, -0.05) is 20.8 Å². The molecule has 0 fully saturated rings. The molecule has 0 aromatic carbocycles. The first-order valence-electron chi connectivity index (χ1n) is 22.4. The second-order valence-corrected chi connectivity index (χ2v) is 13.6. The van der Waals surface area contributed by atoms with E-state index in [9.17, 15) is 17.6 Å². The van der Waals surface area contributed by atoms with Crippen LogP contribution in [0.15, 0.2) is 0 Å². The average molecular weight is 918 g/mol. The molecule has 0 heterocycles. The minimum Gasteiger partial charge on any atom is -0.379 e. The summed E-state index contributed by atoms with van der Waals surface area (Å²) < 4.78 is 135. The fourth-order valence-corrected chi connectivity index (χ4v) is 4.94. The number of hydrogen-bond acceptors (Lipinski definition) is 16. The Morgan fingerprint density at radius 2 is 0.500 bits per heavy atom. The molecule has 374 valence electrons. The zero-order chi connectivity index (χ0) is 45.3. The molecule has 0 N–H and O–H groups in total. The SMILES string of the molecule is CCN(CC)CCOCCOCCOCCOCCOCCOCCOCCOCCOCCOCCOCCOCCOCCOCCOCCCC(F)(F)CC(F)(F)CC. The molecule has 0 radical (unpaired) electrons. The Morgan fingerprint density at radius 1 is 0.290 bits per heavy atom. The first kappa shape index (κ1) is 61.1. The minimum absolute atomic E-state index is 0.00214. The van der Waals surface area contributed by atoms with Gasteiger partial charge in [0, 0.05) is 26.0 Å². The molecule has 0 aliphatic rings. The summed E-state index contributed by atoms with van der Waals surface area (Å²) in [7, 11) is 0. The van der Waals surface area contributed by atoms with Crippen LogP contribution in [0.2, 0.25) is 0 Å². The van der Waals surface area contributed by atoms with Gasteiger partial charge < -0.3 is 76.0 Å². The molecular formula is C42H83F4NO15. The second kappa shape index (κ2) is 48.0. The summed E-state index contributed by atoms with van der Waals surface area (Å²) in [6.45, 7) is 22.2. The van der Waals surface area contributed by atoms with Crippen molar-refractivity contribution in [1.82, 2.24) is 4.90 Å². The van der Waals surface area contributed by atoms with Crippen LogP contribution in [0.1, 0.15) is 46.5 Å². The first-order valence-corrected chi connectivity index (χ1v) is 22.4. The Labute approximate surface area is 369 Å². The highest BCUT2D eigenvalue weighted by molar-refractivity contribution is 4.76. The van der Waals surface area contributed by atoms with Crippen LogP contribution in [-0.2, 0) is 71.1 Å². The smallest absolute Gasteiger partial charge is 0.254 e. The lowest BCUT2D eigenvalue weighted by atomic mass is 10.0. The van der Waals surface area contributed by atoms with Crippen molar-refractivity contribution >= 4 is 0 Å². The van der Waals surface area contributed by atoms with Crippen molar-refractivity contribution in [1.29, 1.82) is 0 Å². The van der Waals surface area contributed by atoms with Gasteiger partial charge in [0.2, 0.25) is 0 Å². The molecule has 0 unspecified atom stereocenters. The van der Waals surface area contributed by atoms with Crippen molar-refractivity contribution in [3.05, 3.63) is 0 Å². The molecule has 0 aromatic rings. The number of hydrogen-bond donors (Lipinski definition) is 0. The van der Waals surface area contributed by atoms with Crippen molar-refractivity contribution in [2.45, 2.75) is 58.3 Å². The zero-order valence-electron chi connectivity index (χ0n) is 38.2. The van der Waals surface area contributed by atoms with Crippen molar-refractivity contribution < 1.29 is 88.6 Å². The zero-order valence-corrected chi connectivity index (χ0v) is 38.2. The summed E-state index contributed by atoms with van der Waals surface area (Å²) in [6, 6.07) is 0. The molecule has 0 aromatic heterocycles. The summed E-state index contributed by atoms with van der Waals surface area (Å²) >= 11 is 0. The number of ether oxygens (including phenoxy) is 15. The van der Waals surface area contributed by atoms with Gasteiger partial charge in [-0.3, -0.25) is 0 Å². The van der Waals surface area contributed by atoms with Crippen LogP contribution in [0.4, 0.5) is 17.6 Å². The predicted octanol–water partition coefficient (Wildman–Crippen LogP) is 4.43. The fraction of sp³-hybridized carbons (Fsp3) is 1.00. The van der Waals surface area contributed by atoms with Crippen LogP contribution in [0, 0.1) is 0 Å². The van der Waals surface area contributed by atoms with E-state index in [0.717, 1.165) is 26.2 Å². The van der Waals surface area contributed by atoms with E-state index < -0.39 is 31.1 Å². The van der Waals surface area contributed by atoms with Crippen LogP contribution < -0.4 is 0 Å². The maximum absolute atomic E-state index is 13.6. The fourth-order valence-electron chi connectivity index (χ4n) is 4.94. The summed E-state index contributed by atoms with van der Waals surface area (Å²) in [5, 5.41) is 0. The van der Waals surface area contributed by atoms with Crippen LogP contribution in [0.3, 0.4) is 0 Å². The number of nitrogens with zero attached hydrogens (tertiary/aromatic N) is 1. The Hall–Kier alpha value is -0.920. The number of halogens is 4. The predicted molar refractivity (Wildman–Crippen MR) is 224 cm³/mol. The third kappa shape index (κ3) is 48.5. The Balaban J connectivity index is 3.14. The van der Waals surface area contributed by atoms with Crippen molar-refractivity contribution in [2.75, 3.05) is 218 Å². The van der Waals surface area contributed by atoms with E-state index in [4.69, 9.17) is 71.1 Å². The molecule has 20 heteroatoms. The molecule has 0 spiro atoms. The average Bonchev–Trinajstić information content (AvgIpc) is 3.25. The van der Waals surface area contributed by atoms with E-state index in [1.54, 1.807) is 0 Å². The van der Waals surface area contributed by atoms with E-state index in [1.165, 1.54) is 6.92 Å². The maximum atomic E-state index is 13.6. The van der Waals surface area contributed by atoms with E-state index in [-0.39, 0.29) is 26.2 Å².